The highest BCUT2D eigenvalue weighted by Gasteiger charge is 2.45. The molecule has 1 heterocycles. The Morgan fingerprint density at radius 1 is 0.938 bits per heavy atom. The first-order valence-corrected chi connectivity index (χ1v) is 12.0. The van der Waals surface area contributed by atoms with Crippen molar-refractivity contribution in [3.8, 4) is 5.75 Å². The summed E-state index contributed by atoms with van der Waals surface area (Å²) < 4.78 is 32.3. The minimum absolute atomic E-state index is 0.184. The molecule has 4 nitrogen and oxygen atoms in total. The Hall–Kier alpha value is -2.11. The summed E-state index contributed by atoms with van der Waals surface area (Å²) in [4.78, 5) is 0. The van der Waals surface area contributed by atoms with Crippen molar-refractivity contribution in [2.45, 2.75) is 84.2 Å². The van der Waals surface area contributed by atoms with E-state index in [9.17, 15) is 4.39 Å². The fourth-order valence-corrected chi connectivity index (χ4v) is 4.03. The third-order valence-corrected chi connectivity index (χ3v) is 5.90. The highest BCUT2D eigenvalue weighted by molar-refractivity contribution is 5.53. The van der Waals surface area contributed by atoms with Crippen LogP contribution in [0.2, 0.25) is 0 Å². The third kappa shape index (κ3) is 6.46. The zero-order chi connectivity index (χ0) is 23.0. The molecule has 0 saturated heterocycles. The zero-order valence-corrected chi connectivity index (χ0v) is 20.0. The minimum Gasteiger partial charge on any atom is -0.485 e. The van der Waals surface area contributed by atoms with Gasteiger partial charge in [0.2, 0.25) is 0 Å². The van der Waals surface area contributed by atoms with E-state index in [0.717, 1.165) is 54.7 Å². The second-order valence-corrected chi connectivity index (χ2v) is 9.08. The van der Waals surface area contributed by atoms with Gasteiger partial charge in [0.05, 0.1) is 0 Å². The number of benzene rings is 2. The van der Waals surface area contributed by atoms with E-state index in [4.69, 9.17) is 14.2 Å². The van der Waals surface area contributed by atoms with Gasteiger partial charge < -0.3 is 19.5 Å². The van der Waals surface area contributed by atoms with Crippen molar-refractivity contribution in [2.75, 3.05) is 18.5 Å². The average molecular weight is 444 g/mol. The maximum Gasteiger partial charge on any atom is 0.132 e. The van der Waals surface area contributed by atoms with Gasteiger partial charge in [-0.3, -0.25) is 0 Å². The topological polar surface area (TPSA) is 39.7 Å². The number of fused-ring (bicyclic) bond motifs is 1. The Kier molecular flexibility index (Phi) is 8.94. The van der Waals surface area contributed by atoms with Crippen molar-refractivity contribution in [3.63, 3.8) is 0 Å². The van der Waals surface area contributed by atoms with Crippen LogP contribution in [0.5, 0.6) is 5.75 Å². The molecule has 0 spiro atoms. The second kappa shape index (κ2) is 11.7. The molecule has 3 rings (SSSR count). The Morgan fingerprint density at radius 2 is 1.66 bits per heavy atom. The molecule has 2 atom stereocenters. The summed E-state index contributed by atoms with van der Waals surface area (Å²) in [6.07, 6.45) is 5.08. The highest BCUT2D eigenvalue weighted by Crippen LogP contribution is 2.44. The van der Waals surface area contributed by atoms with E-state index >= 15 is 0 Å². The molecule has 1 aliphatic rings. The van der Waals surface area contributed by atoms with Crippen molar-refractivity contribution in [1.29, 1.82) is 0 Å². The first-order valence-electron chi connectivity index (χ1n) is 12.0. The summed E-state index contributed by atoms with van der Waals surface area (Å²) >= 11 is 0. The van der Waals surface area contributed by atoms with Crippen molar-refractivity contribution in [1.82, 2.24) is 0 Å². The number of rotatable bonds is 12. The molecule has 0 saturated carbocycles. The monoisotopic (exact) mass is 443 g/mol. The second-order valence-electron chi connectivity index (χ2n) is 9.08. The standard InChI is InChI=1S/C27H38FNO3/c1-5-7-9-17-31-26-25(30-16-8-6-2)23-18-22(14-15-24(23)32-27(26,3)4)29-19-20-10-12-21(28)13-11-20/h10-15,18,25-26,29H,5-9,16-17,19H2,1-4H3. The smallest absolute Gasteiger partial charge is 0.132 e. The van der Waals surface area contributed by atoms with Gasteiger partial charge in [0, 0.05) is 31.0 Å². The first-order chi connectivity index (χ1) is 15.4. The number of nitrogens with one attached hydrogen (secondary N) is 1. The summed E-state index contributed by atoms with van der Waals surface area (Å²) in [5.41, 5.74) is 2.53. The van der Waals surface area contributed by atoms with Crippen LogP contribution in [0.25, 0.3) is 0 Å². The molecule has 32 heavy (non-hydrogen) atoms. The summed E-state index contributed by atoms with van der Waals surface area (Å²) in [5.74, 6) is 0.622. The summed E-state index contributed by atoms with van der Waals surface area (Å²) in [7, 11) is 0. The molecule has 1 N–H and O–H groups in total. The zero-order valence-electron chi connectivity index (χ0n) is 20.0. The lowest BCUT2D eigenvalue weighted by Crippen LogP contribution is -2.51. The van der Waals surface area contributed by atoms with Gasteiger partial charge in [-0.15, -0.1) is 0 Å². The van der Waals surface area contributed by atoms with Crippen molar-refractivity contribution >= 4 is 5.69 Å². The van der Waals surface area contributed by atoms with Gasteiger partial charge in [0.25, 0.3) is 0 Å². The van der Waals surface area contributed by atoms with E-state index in [1.54, 1.807) is 12.1 Å². The molecule has 2 aromatic carbocycles. The number of hydrogen-bond acceptors (Lipinski definition) is 4. The average Bonchev–Trinajstić information content (AvgIpc) is 2.77. The van der Waals surface area contributed by atoms with E-state index in [2.05, 4.69) is 39.1 Å². The lowest BCUT2D eigenvalue weighted by Gasteiger charge is -2.44. The van der Waals surface area contributed by atoms with Gasteiger partial charge in [-0.05, 0) is 62.6 Å². The largest absolute Gasteiger partial charge is 0.485 e. The number of hydrogen-bond donors (Lipinski definition) is 1. The van der Waals surface area contributed by atoms with Gasteiger partial charge in [-0.25, -0.2) is 4.39 Å². The molecular weight excluding hydrogens is 405 g/mol. The van der Waals surface area contributed by atoms with Gasteiger partial charge in [-0.1, -0.05) is 45.2 Å². The predicted octanol–water partition coefficient (Wildman–Crippen LogP) is 7.04. The van der Waals surface area contributed by atoms with Crippen LogP contribution in [0.15, 0.2) is 42.5 Å². The molecule has 1 aliphatic heterocycles. The van der Waals surface area contributed by atoms with Crippen LogP contribution in [-0.2, 0) is 16.0 Å². The summed E-state index contributed by atoms with van der Waals surface area (Å²) in [6, 6.07) is 12.7. The number of ether oxygens (including phenoxy) is 3. The molecule has 5 heteroatoms. The number of halogens is 1. The Labute approximate surface area is 192 Å². The SMILES string of the molecule is CCCCCOC1C(OCCCC)c2cc(NCc3ccc(F)cc3)ccc2OC1(C)C. The van der Waals surface area contributed by atoms with Crippen molar-refractivity contribution in [2.24, 2.45) is 0 Å². The first kappa shape index (κ1) is 24.5. The summed E-state index contributed by atoms with van der Waals surface area (Å²) in [6.45, 7) is 10.5. The van der Waals surface area contributed by atoms with Crippen LogP contribution < -0.4 is 10.1 Å². The predicted molar refractivity (Wildman–Crippen MR) is 128 cm³/mol. The molecular formula is C27H38FNO3. The van der Waals surface area contributed by atoms with Crippen LogP contribution in [0.4, 0.5) is 10.1 Å². The van der Waals surface area contributed by atoms with Gasteiger partial charge in [0.1, 0.15) is 29.4 Å². The maximum absolute atomic E-state index is 13.2. The Bertz CT molecular complexity index is 837. The highest BCUT2D eigenvalue weighted by atomic mass is 19.1. The van der Waals surface area contributed by atoms with Gasteiger partial charge >= 0.3 is 0 Å². The third-order valence-electron chi connectivity index (χ3n) is 5.90. The molecule has 2 aromatic rings. The number of anilines is 1. The molecule has 0 aromatic heterocycles. The minimum atomic E-state index is -0.487. The van der Waals surface area contributed by atoms with Crippen LogP contribution in [0, 0.1) is 5.82 Å². The quantitative estimate of drug-likeness (QED) is 0.357. The fourth-order valence-electron chi connectivity index (χ4n) is 4.03. The molecule has 0 radical (unpaired) electrons. The molecule has 0 fully saturated rings. The fraction of sp³-hybridized carbons (Fsp3) is 0.556. The molecule has 0 aliphatic carbocycles. The van der Waals surface area contributed by atoms with E-state index < -0.39 is 5.60 Å². The van der Waals surface area contributed by atoms with Crippen LogP contribution in [-0.4, -0.2) is 24.9 Å². The van der Waals surface area contributed by atoms with Crippen molar-refractivity contribution < 1.29 is 18.6 Å². The van der Waals surface area contributed by atoms with E-state index in [1.807, 2.05) is 12.1 Å². The number of unbranched alkanes of at least 4 members (excludes halogenated alkanes) is 3. The summed E-state index contributed by atoms with van der Waals surface area (Å²) in [5, 5.41) is 3.44. The normalized spacial score (nSPS) is 19.3. The lowest BCUT2D eigenvalue weighted by molar-refractivity contribution is -0.163. The lowest BCUT2D eigenvalue weighted by atomic mass is 9.87. The van der Waals surface area contributed by atoms with E-state index in [1.165, 1.54) is 12.1 Å². The molecule has 0 amide bonds. The van der Waals surface area contributed by atoms with Crippen LogP contribution in [0.3, 0.4) is 0 Å². The van der Waals surface area contributed by atoms with Crippen molar-refractivity contribution in [3.05, 3.63) is 59.4 Å². The molecule has 176 valence electrons. The van der Waals surface area contributed by atoms with Crippen LogP contribution in [0.1, 0.15) is 77.0 Å². The Morgan fingerprint density at radius 3 is 2.38 bits per heavy atom. The van der Waals surface area contributed by atoms with E-state index in [0.29, 0.717) is 19.8 Å². The Balaban J connectivity index is 1.80. The van der Waals surface area contributed by atoms with Gasteiger partial charge in [-0.2, -0.15) is 0 Å². The van der Waals surface area contributed by atoms with E-state index in [-0.39, 0.29) is 18.0 Å². The maximum atomic E-state index is 13.2. The van der Waals surface area contributed by atoms with Crippen LogP contribution >= 0.6 is 0 Å². The van der Waals surface area contributed by atoms with Gasteiger partial charge in [0.15, 0.2) is 0 Å². The molecule has 0 bridgehead atoms. The molecule has 2 unspecified atom stereocenters.